The van der Waals surface area contributed by atoms with E-state index in [-0.39, 0.29) is 18.5 Å². The Morgan fingerprint density at radius 2 is 0.627 bits per heavy atom. The summed E-state index contributed by atoms with van der Waals surface area (Å²) < 4.78 is 5.51. The Labute approximate surface area is 469 Å². The first-order chi connectivity index (χ1) is 37.0. The maximum Gasteiger partial charge on any atom is 0.305 e. The molecule has 2 unspecified atom stereocenters. The van der Waals surface area contributed by atoms with E-state index in [4.69, 9.17) is 4.74 Å². The Hall–Kier alpha value is -1.40. The van der Waals surface area contributed by atoms with Gasteiger partial charge in [0, 0.05) is 12.8 Å². The topological polar surface area (TPSA) is 95.9 Å². The molecule has 0 aliphatic rings. The van der Waals surface area contributed by atoms with Crippen LogP contribution in [0, 0.1) is 0 Å². The fourth-order valence-electron chi connectivity index (χ4n) is 11.1. The van der Waals surface area contributed by atoms with Crippen molar-refractivity contribution in [2.45, 2.75) is 405 Å². The smallest absolute Gasteiger partial charge is 0.305 e. The van der Waals surface area contributed by atoms with Gasteiger partial charge in [-0.25, -0.2) is 0 Å². The second kappa shape index (κ2) is 65.1. The molecule has 0 fully saturated rings. The minimum Gasteiger partial charge on any atom is -0.466 e. The number of unbranched alkanes of at least 4 members (excludes halogenated alkanes) is 52. The van der Waals surface area contributed by atoms with Crippen molar-refractivity contribution in [3.63, 3.8) is 0 Å². The van der Waals surface area contributed by atoms with Gasteiger partial charge in [-0.3, -0.25) is 9.59 Å². The van der Waals surface area contributed by atoms with E-state index in [0.29, 0.717) is 25.9 Å². The van der Waals surface area contributed by atoms with Gasteiger partial charge in [0.2, 0.25) is 5.91 Å². The summed E-state index contributed by atoms with van der Waals surface area (Å²) in [7, 11) is 0. The van der Waals surface area contributed by atoms with Crippen LogP contribution in [0.15, 0.2) is 12.2 Å². The molecule has 0 aromatic carbocycles. The zero-order valence-corrected chi connectivity index (χ0v) is 51.1. The SMILES string of the molecule is CCCCCCCC/C=C\CCCCCCCCCCCC(=O)OCCCCCCCCCCCCCCCCCCCCCCCCCCCCCCCC(=O)NC(CO)C(O)CCCCCCCCCCCC. The van der Waals surface area contributed by atoms with Crippen molar-refractivity contribution in [3.8, 4) is 0 Å². The van der Waals surface area contributed by atoms with Crippen LogP contribution in [0.2, 0.25) is 0 Å². The Morgan fingerprint density at radius 1 is 0.360 bits per heavy atom. The third kappa shape index (κ3) is 61.7. The van der Waals surface area contributed by atoms with Gasteiger partial charge in [-0.05, 0) is 51.4 Å². The van der Waals surface area contributed by atoms with Crippen LogP contribution in [0.1, 0.15) is 393 Å². The molecule has 0 aromatic heterocycles. The summed E-state index contributed by atoms with van der Waals surface area (Å²) in [6.45, 7) is 4.97. The number of aliphatic hydroxyl groups excluding tert-OH is 2. The summed E-state index contributed by atoms with van der Waals surface area (Å²) in [6, 6.07) is -0.536. The van der Waals surface area contributed by atoms with Gasteiger partial charge < -0.3 is 20.3 Å². The molecule has 0 aliphatic heterocycles. The highest BCUT2D eigenvalue weighted by Gasteiger charge is 2.20. The summed E-state index contributed by atoms with van der Waals surface area (Å²) in [5.74, 6) is -0.0112. The van der Waals surface area contributed by atoms with Crippen molar-refractivity contribution < 1.29 is 24.5 Å². The summed E-state index contributed by atoms with van der Waals surface area (Å²) in [5, 5.41) is 23.2. The van der Waals surface area contributed by atoms with Crippen molar-refractivity contribution >= 4 is 11.9 Å². The molecule has 3 N–H and O–H groups in total. The van der Waals surface area contributed by atoms with Gasteiger partial charge in [0.25, 0.3) is 0 Å². The zero-order chi connectivity index (χ0) is 54.3. The maximum atomic E-state index is 12.4. The Bertz CT molecular complexity index is 1130. The number of aliphatic hydroxyl groups is 2. The Morgan fingerprint density at radius 3 is 0.947 bits per heavy atom. The van der Waals surface area contributed by atoms with Crippen LogP contribution in [0.5, 0.6) is 0 Å². The molecule has 0 radical (unpaired) electrons. The number of esters is 1. The number of carbonyl (C=O) groups excluding carboxylic acids is 2. The number of amides is 1. The molecule has 75 heavy (non-hydrogen) atoms. The molecule has 0 spiro atoms. The third-order valence-corrected chi connectivity index (χ3v) is 16.3. The molecule has 0 rings (SSSR count). The lowest BCUT2D eigenvalue weighted by Crippen LogP contribution is -2.45. The predicted molar refractivity (Wildman–Crippen MR) is 329 cm³/mol. The van der Waals surface area contributed by atoms with Crippen LogP contribution in [-0.4, -0.2) is 47.4 Å². The molecule has 0 aliphatic carbocycles. The highest BCUT2D eigenvalue weighted by atomic mass is 16.5. The van der Waals surface area contributed by atoms with E-state index in [1.807, 2.05) is 0 Å². The molecule has 0 saturated heterocycles. The number of ether oxygens (including phenoxy) is 1. The second-order valence-corrected chi connectivity index (χ2v) is 23.9. The first kappa shape index (κ1) is 73.6. The van der Waals surface area contributed by atoms with Gasteiger partial charge in [-0.2, -0.15) is 0 Å². The molecular weight excluding hydrogens is 923 g/mol. The minimum atomic E-state index is -0.659. The van der Waals surface area contributed by atoms with E-state index in [0.717, 1.165) is 38.5 Å². The summed E-state index contributed by atoms with van der Waals surface area (Å²) >= 11 is 0. The fraction of sp³-hybridized carbons (Fsp3) is 0.942. The molecule has 0 aromatic rings. The molecule has 6 heteroatoms. The molecular formula is C69H135NO5. The van der Waals surface area contributed by atoms with E-state index < -0.39 is 12.1 Å². The van der Waals surface area contributed by atoms with Gasteiger partial charge in [0.15, 0.2) is 0 Å². The molecule has 0 saturated carbocycles. The summed E-state index contributed by atoms with van der Waals surface area (Å²) in [5.41, 5.74) is 0. The predicted octanol–water partition coefficient (Wildman–Crippen LogP) is 22.0. The van der Waals surface area contributed by atoms with Crippen LogP contribution in [0.25, 0.3) is 0 Å². The van der Waals surface area contributed by atoms with Crippen molar-refractivity contribution in [2.75, 3.05) is 13.2 Å². The van der Waals surface area contributed by atoms with Crippen LogP contribution in [0.3, 0.4) is 0 Å². The standard InChI is InChI=1S/C69H135NO5/c1-3-5-7-9-11-13-15-16-17-18-30-34-37-40-43-47-51-55-59-63-69(74)75-64-60-56-52-48-44-41-38-35-32-29-27-25-23-21-19-20-22-24-26-28-31-33-36-39-42-46-50-54-58-62-68(73)70-66(65-71)67(72)61-57-53-49-45-14-12-10-8-6-4-2/h16-17,66-67,71-72H,3-15,18-65H2,1-2H3,(H,70,73)/b17-16-. The fourth-order valence-corrected chi connectivity index (χ4v) is 11.1. The molecule has 0 heterocycles. The van der Waals surface area contributed by atoms with Crippen LogP contribution in [-0.2, 0) is 14.3 Å². The largest absolute Gasteiger partial charge is 0.466 e. The molecule has 446 valence electrons. The minimum absolute atomic E-state index is 0.0198. The van der Waals surface area contributed by atoms with Crippen molar-refractivity contribution in [2.24, 2.45) is 0 Å². The summed E-state index contributed by atoms with van der Waals surface area (Å²) in [4.78, 5) is 24.6. The number of nitrogens with one attached hydrogen (secondary N) is 1. The van der Waals surface area contributed by atoms with Crippen LogP contribution >= 0.6 is 0 Å². The molecule has 1 amide bonds. The van der Waals surface area contributed by atoms with Gasteiger partial charge in [-0.1, -0.05) is 341 Å². The second-order valence-electron chi connectivity index (χ2n) is 23.9. The monoisotopic (exact) mass is 1060 g/mol. The average Bonchev–Trinajstić information content (AvgIpc) is 3.41. The Kier molecular flexibility index (Phi) is 63.9. The highest BCUT2D eigenvalue weighted by Crippen LogP contribution is 2.19. The number of allylic oxidation sites excluding steroid dienone is 2. The third-order valence-electron chi connectivity index (χ3n) is 16.3. The molecule has 0 bridgehead atoms. The maximum absolute atomic E-state index is 12.4. The van der Waals surface area contributed by atoms with E-state index in [1.165, 1.54) is 321 Å². The lowest BCUT2D eigenvalue weighted by Gasteiger charge is -2.22. The first-order valence-electron chi connectivity index (χ1n) is 34.4. The Balaban J connectivity index is 3.29. The van der Waals surface area contributed by atoms with Crippen molar-refractivity contribution in [1.29, 1.82) is 0 Å². The summed E-state index contributed by atoms with van der Waals surface area (Å²) in [6.07, 6.45) is 79.8. The lowest BCUT2D eigenvalue weighted by atomic mass is 10.0. The van der Waals surface area contributed by atoms with Gasteiger partial charge in [0.05, 0.1) is 25.4 Å². The van der Waals surface area contributed by atoms with E-state index >= 15 is 0 Å². The molecule has 2 atom stereocenters. The number of hydrogen-bond acceptors (Lipinski definition) is 5. The van der Waals surface area contributed by atoms with E-state index in [2.05, 4.69) is 31.3 Å². The van der Waals surface area contributed by atoms with Gasteiger partial charge >= 0.3 is 5.97 Å². The molecule has 6 nitrogen and oxygen atoms in total. The number of rotatable bonds is 65. The van der Waals surface area contributed by atoms with Gasteiger partial charge in [-0.15, -0.1) is 0 Å². The lowest BCUT2D eigenvalue weighted by molar-refractivity contribution is -0.143. The quantitative estimate of drug-likeness (QED) is 0.0320. The van der Waals surface area contributed by atoms with E-state index in [9.17, 15) is 19.8 Å². The van der Waals surface area contributed by atoms with Crippen LogP contribution < -0.4 is 5.32 Å². The van der Waals surface area contributed by atoms with Crippen molar-refractivity contribution in [1.82, 2.24) is 5.32 Å². The zero-order valence-electron chi connectivity index (χ0n) is 51.1. The van der Waals surface area contributed by atoms with Crippen molar-refractivity contribution in [3.05, 3.63) is 12.2 Å². The highest BCUT2D eigenvalue weighted by molar-refractivity contribution is 5.76. The first-order valence-corrected chi connectivity index (χ1v) is 34.4. The number of carbonyl (C=O) groups is 2. The van der Waals surface area contributed by atoms with Gasteiger partial charge in [0.1, 0.15) is 0 Å². The average molecular weight is 1060 g/mol. The normalized spacial score (nSPS) is 12.5. The van der Waals surface area contributed by atoms with E-state index in [1.54, 1.807) is 0 Å². The van der Waals surface area contributed by atoms with Crippen LogP contribution in [0.4, 0.5) is 0 Å². The number of hydrogen-bond donors (Lipinski definition) is 3.